The molecule has 124 valence electrons. The summed E-state index contributed by atoms with van der Waals surface area (Å²) in [4.78, 5) is 9.23. The highest BCUT2D eigenvalue weighted by Crippen LogP contribution is 2.41. The molecule has 1 aromatic heterocycles. The Morgan fingerprint density at radius 2 is 1.92 bits per heavy atom. The van der Waals surface area contributed by atoms with Crippen molar-refractivity contribution in [2.75, 3.05) is 7.05 Å². The van der Waals surface area contributed by atoms with Crippen LogP contribution in [0.5, 0.6) is 0 Å². The van der Waals surface area contributed by atoms with Crippen molar-refractivity contribution in [2.24, 2.45) is 0 Å². The summed E-state index contributed by atoms with van der Waals surface area (Å²) < 4.78 is 0. The van der Waals surface area contributed by atoms with Crippen LogP contribution < -0.4 is 5.32 Å². The van der Waals surface area contributed by atoms with Gasteiger partial charge in [-0.15, -0.1) is 0 Å². The second-order valence-electron chi connectivity index (χ2n) is 6.53. The van der Waals surface area contributed by atoms with E-state index in [1.807, 2.05) is 14.0 Å². The zero-order valence-corrected chi connectivity index (χ0v) is 14.8. The van der Waals surface area contributed by atoms with E-state index in [2.05, 4.69) is 65.2 Å². The highest BCUT2D eigenvalue weighted by molar-refractivity contribution is 5.77. The molecule has 0 atom stereocenters. The van der Waals surface area contributed by atoms with E-state index >= 15 is 0 Å². The number of allylic oxidation sites excluding steroid dienone is 2. The summed E-state index contributed by atoms with van der Waals surface area (Å²) in [5, 5.41) is 3.16. The monoisotopic (exact) mass is 319 g/mol. The summed E-state index contributed by atoms with van der Waals surface area (Å²) in [6, 6.07) is 8.51. The minimum atomic E-state index is 0.641. The van der Waals surface area contributed by atoms with Crippen molar-refractivity contribution in [3.05, 3.63) is 70.8 Å². The molecule has 0 spiro atoms. The molecule has 3 rings (SSSR count). The van der Waals surface area contributed by atoms with E-state index in [4.69, 9.17) is 0 Å². The summed E-state index contributed by atoms with van der Waals surface area (Å²) in [6.45, 7) is 9.17. The van der Waals surface area contributed by atoms with E-state index in [-0.39, 0.29) is 0 Å². The molecule has 1 N–H and O–H groups in total. The number of aromatic nitrogens is 2. The predicted molar refractivity (Wildman–Crippen MR) is 101 cm³/mol. The maximum Gasteiger partial charge on any atom is 0.126 e. The molecule has 3 heteroatoms. The predicted octanol–water partition coefficient (Wildman–Crippen LogP) is 4.42. The van der Waals surface area contributed by atoms with E-state index in [1.54, 1.807) is 0 Å². The van der Waals surface area contributed by atoms with Gasteiger partial charge in [-0.2, -0.15) is 0 Å². The van der Waals surface area contributed by atoms with Gasteiger partial charge < -0.3 is 5.32 Å². The lowest BCUT2D eigenvalue weighted by atomic mass is 10.0. The Bertz CT molecular complexity index is 768. The first kappa shape index (κ1) is 16.6. The highest BCUT2D eigenvalue weighted by atomic mass is 14.9. The molecule has 0 saturated heterocycles. The number of nitrogens with one attached hydrogen (secondary N) is 1. The fourth-order valence-corrected chi connectivity index (χ4v) is 2.91. The van der Waals surface area contributed by atoms with Crippen LogP contribution in [0.2, 0.25) is 0 Å². The fraction of sp³-hybridized carbons (Fsp3) is 0.333. The smallest absolute Gasteiger partial charge is 0.126 e. The van der Waals surface area contributed by atoms with Gasteiger partial charge in [0.2, 0.25) is 0 Å². The minimum Gasteiger partial charge on any atom is -0.316 e. The van der Waals surface area contributed by atoms with Crippen LogP contribution in [0.15, 0.2) is 36.9 Å². The number of rotatable bonds is 6. The molecular formula is C21H25N3. The second-order valence-corrected chi connectivity index (χ2v) is 6.53. The molecule has 1 aliphatic rings. The summed E-state index contributed by atoms with van der Waals surface area (Å²) in [5.74, 6) is 1.49. The first-order chi connectivity index (χ1) is 11.6. The first-order valence-electron chi connectivity index (χ1n) is 8.54. The lowest BCUT2D eigenvalue weighted by molar-refractivity contribution is 0.818. The Balaban J connectivity index is 1.78. The SMILES string of the molecule is C=C(/C=C\c1nc(C)nc(C2CC2)c1C)c1ccc(CNC)cc1. The molecule has 0 amide bonds. The molecule has 24 heavy (non-hydrogen) atoms. The van der Waals surface area contributed by atoms with E-state index in [0.29, 0.717) is 5.92 Å². The number of nitrogens with zero attached hydrogens (tertiary/aromatic N) is 2. The van der Waals surface area contributed by atoms with Crippen LogP contribution in [0, 0.1) is 13.8 Å². The normalized spacial score (nSPS) is 14.3. The first-order valence-corrected chi connectivity index (χ1v) is 8.54. The average molecular weight is 319 g/mol. The number of benzene rings is 1. The summed E-state index contributed by atoms with van der Waals surface area (Å²) >= 11 is 0. The molecular weight excluding hydrogens is 294 g/mol. The Morgan fingerprint density at radius 1 is 1.21 bits per heavy atom. The third-order valence-corrected chi connectivity index (χ3v) is 4.44. The molecule has 1 saturated carbocycles. The molecule has 1 fully saturated rings. The van der Waals surface area contributed by atoms with Crippen molar-refractivity contribution in [1.29, 1.82) is 0 Å². The summed E-state index contributed by atoms with van der Waals surface area (Å²) in [7, 11) is 1.96. The Hall–Kier alpha value is -2.26. The standard InChI is InChI=1S/C21H25N3/c1-14(18-8-6-17(7-9-18)13-22-4)5-12-20-15(2)21(19-10-11-19)24-16(3)23-20/h5-9,12,19,22H,1,10-11,13H2,2-4H3/b12-5-. The maximum absolute atomic E-state index is 4.63. The third-order valence-electron chi connectivity index (χ3n) is 4.44. The van der Waals surface area contributed by atoms with Gasteiger partial charge in [0, 0.05) is 12.5 Å². The molecule has 1 heterocycles. The number of hydrogen-bond acceptors (Lipinski definition) is 3. The van der Waals surface area contributed by atoms with E-state index < -0.39 is 0 Å². The number of aryl methyl sites for hydroxylation is 1. The largest absolute Gasteiger partial charge is 0.316 e. The Kier molecular flexibility index (Phi) is 4.91. The van der Waals surface area contributed by atoms with E-state index in [1.165, 1.54) is 29.7 Å². The molecule has 1 aromatic carbocycles. The van der Waals surface area contributed by atoms with Gasteiger partial charge in [-0.1, -0.05) is 36.9 Å². The number of hydrogen-bond donors (Lipinski definition) is 1. The summed E-state index contributed by atoms with van der Waals surface area (Å²) in [6.07, 6.45) is 6.64. The van der Waals surface area contributed by atoms with Crippen molar-refractivity contribution in [2.45, 2.75) is 39.2 Å². The Labute approximate surface area is 144 Å². The zero-order valence-electron chi connectivity index (χ0n) is 14.8. The molecule has 0 unspecified atom stereocenters. The fourth-order valence-electron chi connectivity index (χ4n) is 2.91. The molecule has 2 aromatic rings. The van der Waals surface area contributed by atoms with Crippen LogP contribution >= 0.6 is 0 Å². The van der Waals surface area contributed by atoms with Gasteiger partial charge in [-0.25, -0.2) is 9.97 Å². The molecule has 0 aliphatic heterocycles. The van der Waals surface area contributed by atoms with Crippen LogP contribution in [0.25, 0.3) is 11.6 Å². The molecule has 0 bridgehead atoms. The minimum absolute atomic E-state index is 0.641. The van der Waals surface area contributed by atoms with Crippen molar-refractivity contribution in [3.8, 4) is 0 Å². The van der Waals surface area contributed by atoms with Crippen molar-refractivity contribution >= 4 is 11.6 Å². The van der Waals surface area contributed by atoms with Gasteiger partial charge in [0.15, 0.2) is 0 Å². The van der Waals surface area contributed by atoms with Crippen LogP contribution in [0.4, 0.5) is 0 Å². The Morgan fingerprint density at radius 3 is 2.54 bits per heavy atom. The highest BCUT2D eigenvalue weighted by Gasteiger charge is 2.27. The topological polar surface area (TPSA) is 37.8 Å². The van der Waals surface area contributed by atoms with Crippen molar-refractivity contribution < 1.29 is 0 Å². The molecule has 3 nitrogen and oxygen atoms in total. The molecule has 1 aliphatic carbocycles. The van der Waals surface area contributed by atoms with Gasteiger partial charge in [0.05, 0.1) is 11.4 Å². The van der Waals surface area contributed by atoms with E-state index in [0.717, 1.165) is 29.2 Å². The lowest BCUT2D eigenvalue weighted by Gasteiger charge is -2.08. The summed E-state index contributed by atoms with van der Waals surface area (Å²) in [5.41, 5.74) is 6.85. The van der Waals surface area contributed by atoms with Crippen LogP contribution in [0.3, 0.4) is 0 Å². The quantitative estimate of drug-likeness (QED) is 0.801. The maximum atomic E-state index is 4.63. The van der Waals surface area contributed by atoms with Crippen LogP contribution in [-0.2, 0) is 6.54 Å². The van der Waals surface area contributed by atoms with Gasteiger partial charge in [-0.3, -0.25) is 0 Å². The van der Waals surface area contributed by atoms with Gasteiger partial charge >= 0.3 is 0 Å². The van der Waals surface area contributed by atoms with Gasteiger partial charge in [-0.05, 0) is 62.1 Å². The van der Waals surface area contributed by atoms with Gasteiger partial charge in [0.25, 0.3) is 0 Å². The van der Waals surface area contributed by atoms with Crippen LogP contribution in [-0.4, -0.2) is 17.0 Å². The zero-order chi connectivity index (χ0) is 17.1. The van der Waals surface area contributed by atoms with Gasteiger partial charge in [0.1, 0.15) is 5.82 Å². The second kappa shape index (κ2) is 7.10. The lowest BCUT2D eigenvalue weighted by Crippen LogP contribution is -2.04. The third kappa shape index (κ3) is 3.80. The van der Waals surface area contributed by atoms with E-state index in [9.17, 15) is 0 Å². The van der Waals surface area contributed by atoms with Crippen molar-refractivity contribution in [3.63, 3.8) is 0 Å². The average Bonchev–Trinajstić information content (AvgIpc) is 3.41. The van der Waals surface area contributed by atoms with Crippen LogP contribution in [0.1, 0.15) is 52.7 Å². The van der Waals surface area contributed by atoms with Crippen molar-refractivity contribution in [1.82, 2.24) is 15.3 Å². The molecule has 0 radical (unpaired) electrons.